The fourth-order valence-electron chi connectivity index (χ4n) is 3.66. The van der Waals surface area contributed by atoms with Crippen LogP contribution in [0.2, 0.25) is 0 Å². The highest BCUT2D eigenvalue weighted by molar-refractivity contribution is 6.62. The van der Waals surface area contributed by atoms with Gasteiger partial charge >= 0.3 is 0 Å². The number of rotatable bonds is 4. The Morgan fingerprint density at radius 1 is 1.10 bits per heavy atom. The fraction of sp³-hybridized carbons (Fsp3) is 0.588. The van der Waals surface area contributed by atoms with Gasteiger partial charge in [0.05, 0.1) is 0 Å². The summed E-state index contributed by atoms with van der Waals surface area (Å²) in [5.41, 5.74) is 2.37. The second kappa shape index (κ2) is 6.13. The molecule has 1 saturated heterocycles. The van der Waals surface area contributed by atoms with Crippen LogP contribution in [-0.2, 0) is 6.42 Å². The first kappa shape index (κ1) is 13.9. The van der Waals surface area contributed by atoms with Crippen LogP contribution < -0.4 is 0 Å². The molecule has 1 aliphatic heterocycles. The van der Waals surface area contributed by atoms with Gasteiger partial charge in [-0.1, -0.05) is 30.7 Å². The summed E-state index contributed by atoms with van der Waals surface area (Å²) < 4.78 is 0. The molecule has 1 heterocycles. The van der Waals surface area contributed by atoms with Crippen molar-refractivity contribution in [3.8, 4) is 0 Å². The highest BCUT2D eigenvalue weighted by Crippen LogP contribution is 2.35. The second-order valence-corrected chi connectivity index (χ2v) is 6.55. The van der Waals surface area contributed by atoms with Gasteiger partial charge in [-0.25, -0.2) is 0 Å². The Morgan fingerprint density at radius 2 is 1.75 bits per heavy atom. The lowest BCUT2D eigenvalue weighted by Crippen LogP contribution is -2.47. The van der Waals surface area contributed by atoms with E-state index >= 15 is 0 Å². The van der Waals surface area contributed by atoms with Crippen LogP contribution in [0.15, 0.2) is 24.3 Å². The minimum atomic E-state index is 0.158. The second-order valence-electron chi connectivity index (χ2n) is 6.55. The highest BCUT2D eigenvalue weighted by Gasteiger charge is 2.33. The Hall–Kier alpha value is -1.09. The van der Waals surface area contributed by atoms with Crippen molar-refractivity contribution in [3.05, 3.63) is 35.4 Å². The Morgan fingerprint density at radius 3 is 2.35 bits per heavy atom. The predicted molar refractivity (Wildman–Crippen MR) is 85.0 cm³/mol. The molecule has 0 atom stereocenters. The van der Waals surface area contributed by atoms with Crippen LogP contribution in [0.5, 0.6) is 0 Å². The van der Waals surface area contributed by atoms with Crippen molar-refractivity contribution in [3.63, 3.8) is 0 Å². The molecule has 0 amide bonds. The third-order valence-electron chi connectivity index (χ3n) is 5.00. The molecule has 1 aromatic carbocycles. The van der Waals surface area contributed by atoms with Gasteiger partial charge in [0, 0.05) is 11.6 Å². The van der Waals surface area contributed by atoms with Crippen molar-refractivity contribution < 1.29 is 4.79 Å². The largest absolute Gasteiger partial charge is 0.307 e. The Labute approximate surface area is 123 Å². The van der Waals surface area contributed by atoms with Gasteiger partial charge in [0.25, 0.3) is 0 Å². The first-order valence-electron chi connectivity index (χ1n) is 8.06. The lowest BCUT2D eigenvalue weighted by molar-refractivity contribution is 0.0623. The summed E-state index contributed by atoms with van der Waals surface area (Å²) in [6, 6.07) is 9.06. The Balaban J connectivity index is 1.47. The van der Waals surface area contributed by atoms with E-state index in [4.69, 9.17) is 0 Å². The van der Waals surface area contributed by atoms with Crippen molar-refractivity contribution in [1.82, 2.24) is 4.90 Å². The molecule has 0 bridgehead atoms. The topological polar surface area (TPSA) is 20.3 Å². The molecule has 0 unspecified atom stereocenters. The average molecular weight is 269 g/mol. The summed E-state index contributed by atoms with van der Waals surface area (Å²) in [6.07, 6.45) is 8.14. The van der Waals surface area contributed by atoms with Gasteiger partial charge in [-0.05, 0) is 56.7 Å². The standard InChI is InChI=1S/C17H24BNO/c18-17(20)15-6-4-13(5-7-15)10-14-11-16(12-14)19-8-2-1-3-9-19/h4-7,14,16H,1-3,8-12,18H2. The molecule has 20 heavy (non-hydrogen) atoms. The summed E-state index contributed by atoms with van der Waals surface area (Å²) in [5, 5.41) is 0. The molecule has 0 radical (unpaired) electrons. The predicted octanol–water partition coefficient (Wildman–Crippen LogP) is 2.27. The Kier molecular flexibility index (Phi) is 4.25. The first-order valence-corrected chi connectivity index (χ1v) is 8.06. The number of nitrogens with zero attached hydrogens (tertiary/aromatic N) is 1. The van der Waals surface area contributed by atoms with Crippen LogP contribution >= 0.6 is 0 Å². The van der Waals surface area contributed by atoms with E-state index in [1.165, 1.54) is 57.2 Å². The summed E-state index contributed by atoms with van der Waals surface area (Å²) in [5.74, 6) is 0.852. The van der Waals surface area contributed by atoms with Gasteiger partial charge in [0.2, 0.25) is 0 Å². The van der Waals surface area contributed by atoms with Crippen molar-refractivity contribution >= 4 is 13.5 Å². The third-order valence-corrected chi connectivity index (χ3v) is 5.00. The average Bonchev–Trinajstić information content (AvgIpc) is 2.44. The lowest BCUT2D eigenvalue weighted by Gasteiger charge is -2.44. The van der Waals surface area contributed by atoms with E-state index in [2.05, 4.69) is 17.0 Å². The van der Waals surface area contributed by atoms with Crippen molar-refractivity contribution in [2.45, 2.75) is 44.6 Å². The van der Waals surface area contributed by atoms with Crippen LogP contribution in [0.3, 0.4) is 0 Å². The molecule has 1 saturated carbocycles. The number of piperidine rings is 1. The van der Waals surface area contributed by atoms with Gasteiger partial charge in [-0.2, -0.15) is 0 Å². The first-order chi connectivity index (χ1) is 9.72. The zero-order chi connectivity index (χ0) is 13.9. The minimum Gasteiger partial charge on any atom is -0.307 e. The minimum absolute atomic E-state index is 0.158. The van der Waals surface area contributed by atoms with Crippen LogP contribution in [0.1, 0.15) is 48.0 Å². The lowest BCUT2D eigenvalue weighted by atomic mass is 9.75. The monoisotopic (exact) mass is 269 g/mol. The van der Waals surface area contributed by atoms with Crippen LogP contribution in [0.25, 0.3) is 0 Å². The van der Waals surface area contributed by atoms with Gasteiger partial charge in [0.1, 0.15) is 5.68 Å². The summed E-state index contributed by atoms with van der Waals surface area (Å²) >= 11 is 0. The van der Waals surface area contributed by atoms with Crippen molar-refractivity contribution in [2.75, 3.05) is 13.1 Å². The van der Waals surface area contributed by atoms with Crippen molar-refractivity contribution in [2.24, 2.45) is 5.92 Å². The van der Waals surface area contributed by atoms with Gasteiger partial charge in [-0.15, -0.1) is 0 Å². The van der Waals surface area contributed by atoms with E-state index < -0.39 is 0 Å². The molecule has 3 heteroatoms. The maximum absolute atomic E-state index is 11.3. The van der Waals surface area contributed by atoms with E-state index in [1.54, 1.807) is 7.85 Å². The molecule has 2 nitrogen and oxygen atoms in total. The molecule has 1 aromatic rings. The van der Waals surface area contributed by atoms with E-state index in [0.29, 0.717) is 0 Å². The maximum atomic E-state index is 11.3. The van der Waals surface area contributed by atoms with Crippen LogP contribution in [0.4, 0.5) is 0 Å². The highest BCUT2D eigenvalue weighted by atomic mass is 16.1. The van der Waals surface area contributed by atoms with E-state index in [-0.39, 0.29) is 5.68 Å². The number of benzene rings is 1. The molecule has 0 spiro atoms. The maximum Gasteiger partial charge on any atom is 0.193 e. The molecule has 2 fully saturated rings. The summed E-state index contributed by atoms with van der Waals surface area (Å²) in [6.45, 7) is 2.65. The molecule has 1 aliphatic carbocycles. The zero-order valence-corrected chi connectivity index (χ0v) is 12.5. The van der Waals surface area contributed by atoms with Gasteiger partial charge in [-0.3, -0.25) is 0 Å². The smallest absolute Gasteiger partial charge is 0.193 e. The number of carbonyl (C=O) groups excluding carboxylic acids is 1. The molecular weight excluding hydrogens is 245 g/mol. The van der Waals surface area contributed by atoms with Crippen LogP contribution in [0, 0.1) is 5.92 Å². The van der Waals surface area contributed by atoms with Crippen LogP contribution in [-0.4, -0.2) is 37.6 Å². The van der Waals surface area contributed by atoms with E-state index in [0.717, 1.165) is 17.5 Å². The van der Waals surface area contributed by atoms with Crippen molar-refractivity contribution in [1.29, 1.82) is 0 Å². The number of likely N-dealkylation sites (tertiary alicyclic amines) is 1. The zero-order valence-electron chi connectivity index (χ0n) is 12.5. The van der Waals surface area contributed by atoms with E-state index in [9.17, 15) is 4.79 Å². The molecule has 3 rings (SSSR count). The van der Waals surface area contributed by atoms with E-state index in [1.807, 2.05) is 12.1 Å². The summed E-state index contributed by atoms with van der Waals surface area (Å²) in [7, 11) is 1.63. The summed E-state index contributed by atoms with van der Waals surface area (Å²) in [4.78, 5) is 14.0. The van der Waals surface area contributed by atoms with Gasteiger partial charge in [0.15, 0.2) is 7.85 Å². The third kappa shape index (κ3) is 3.14. The molecule has 106 valence electrons. The number of hydrogen-bond acceptors (Lipinski definition) is 2. The molecule has 2 aliphatic rings. The number of carbonyl (C=O) groups is 1. The quantitative estimate of drug-likeness (QED) is 0.781. The number of hydrogen-bond donors (Lipinski definition) is 0. The molecular formula is C17H24BNO. The molecule has 0 aromatic heterocycles. The Bertz CT molecular complexity index is 458. The molecule has 0 N–H and O–H groups in total. The normalized spacial score (nSPS) is 27.0. The van der Waals surface area contributed by atoms with Gasteiger partial charge < -0.3 is 9.69 Å². The SMILES string of the molecule is BC(=O)c1ccc(CC2CC(N3CCCCC3)C2)cc1. The fourth-order valence-corrected chi connectivity index (χ4v) is 3.66.